The SMILES string of the molecule is COc1cc(N2CCC(N3CCN(C(=O)CCCCCc4cccc5c4CN(C4CCC(=O)NC4=O)C5=O)CC3)CC2)ccc1Cc1ncc(Cl)c(Cc2ccccc2P(C)(C)=O)n1. The normalized spacial score (nSPS) is 18.7. The number of anilines is 1. The Balaban J connectivity index is 0.760. The molecule has 1 aromatic heterocycles. The third kappa shape index (κ3) is 10.4. The van der Waals surface area contributed by atoms with Crippen molar-refractivity contribution in [3.05, 3.63) is 111 Å². The monoisotopic (exact) mass is 907 g/mol. The molecule has 8 rings (SSSR count). The summed E-state index contributed by atoms with van der Waals surface area (Å²) in [4.78, 5) is 68.6. The number of methoxy groups -OCH3 is 1. The van der Waals surface area contributed by atoms with Crippen molar-refractivity contribution in [3.63, 3.8) is 0 Å². The second-order valence-electron chi connectivity index (χ2n) is 17.9. The van der Waals surface area contributed by atoms with Gasteiger partial charge in [-0.15, -0.1) is 0 Å². The Hall–Kier alpha value is -5.10. The van der Waals surface area contributed by atoms with Crippen molar-refractivity contribution in [1.29, 1.82) is 0 Å². The van der Waals surface area contributed by atoms with Crippen molar-refractivity contribution in [3.8, 4) is 5.75 Å². The van der Waals surface area contributed by atoms with E-state index in [1.807, 2.05) is 41.3 Å². The molecule has 0 saturated carbocycles. The van der Waals surface area contributed by atoms with Crippen molar-refractivity contribution < 1.29 is 28.5 Å². The van der Waals surface area contributed by atoms with Gasteiger partial charge in [-0.3, -0.25) is 29.4 Å². The minimum absolute atomic E-state index is 0.147. The van der Waals surface area contributed by atoms with Gasteiger partial charge in [0.15, 0.2) is 0 Å². The number of carbonyl (C=O) groups is 4. The number of aryl methyl sites for hydroxylation is 1. The first-order chi connectivity index (χ1) is 30.9. The Morgan fingerprint density at radius 1 is 0.875 bits per heavy atom. The van der Waals surface area contributed by atoms with Crippen LogP contribution < -0.4 is 20.3 Å². The zero-order valence-corrected chi connectivity index (χ0v) is 38.8. The number of nitrogens with one attached hydrogen (secondary N) is 1. The van der Waals surface area contributed by atoms with Gasteiger partial charge in [0.1, 0.15) is 24.8 Å². The average molecular weight is 908 g/mol. The molecule has 3 fully saturated rings. The van der Waals surface area contributed by atoms with Gasteiger partial charge >= 0.3 is 0 Å². The van der Waals surface area contributed by atoms with Crippen LogP contribution in [0.15, 0.2) is 66.9 Å². The molecule has 15 heteroatoms. The number of piperazine rings is 1. The number of amides is 4. The van der Waals surface area contributed by atoms with E-state index in [0.29, 0.717) is 60.4 Å². The number of rotatable bonds is 15. The summed E-state index contributed by atoms with van der Waals surface area (Å²) in [6.45, 7) is 9.15. The zero-order valence-electron chi connectivity index (χ0n) is 37.2. The first-order valence-corrected chi connectivity index (χ1v) is 25.7. The number of ether oxygens (including phenoxy) is 1. The molecule has 13 nitrogen and oxygen atoms in total. The number of nitrogens with zero attached hydrogens (tertiary/aromatic N) is 6. The quantitative estimate of drug-likeness (QED) is 0.0827. The number of imide groups is 1. The number of halogens is 1. The molecular formula is C49H59ClN7O6P. The highest BCUT2D eigenvalue weighted by molar-refractivity contribution is 7.70. The Bertz CT molecular complexity index is 2440. The van der Waals surface area contributed by atoms with Crippen LogP contribution in [-0.4, -0.2) is 120 Å². The van der Waals surface area contributed by atoms with E-state index in [0.717, 1.165) is 117 Å². The van der Waals surface area contributed by atoms with Gasteiger partial charge in [-0.25, -0.2) is 9.97 Å². The van der Waals surface area contributed by atoms with Crippen molar-refractivity contribution in [2.75, 3.05) is 64.6 Å². The van der Waals surface area contributed by atoms with Crippen LogP contribution in [0.3, 0.4) is 0 Å². The second-order valence-corrected chi connectivity index (χ2v) is 21.5. The van der Waals surface area contributed by atoms with E-state index in [2.05, 4.69) is 44.4 Å². The summed E-state index contributed by atoms with van der Waals surface area (Å²) < 4.78 is 18.9. The lowest BCUT2D eigenvalue weighted by molar-refractivity contribution is -0.137. The molecule has 4 aromatic rings. The lowest BCUT2D eigenvalue weighted by Crippen LogP contribution is -2.54. The van der Waals surface area contributed by atoms with Crippen LogP contribution >= 0.6 is 18.7 Å². The third-order valence-corrected chi connectivity index (χ3v) is 15.4. The number of aromatic nitrogens is 2. The highest BCUT2D eigenvalue weighted by Gasteiger charge is 2.40. The van der Waals surface area contributed by atoms with E-state index in [1.165, 1.54) is 0 Å². The number of benzene rings is 3. The Kier molecular flexibility index (Phi) is 14.2. The highest BCUT2D eigenvalue weighted by atomic mass is 35.5. The number of hydrogen-bond acceptors (Lipinski definition) is 10. The standard InChI is InChI=1S/C49H59ClN7O6P/c1-63-43-30-37(17-16-34(43)29-45-51-31-40(50)41(52-45)28-35-11-7-8-14-44(35)64(2,3)62)54-22-20-36(21-23-54)55-24-26-56(27-25-55)47(59)15-6-4-5-10-33-12-9-13-38-39(33)32-57(49(38)61)42-18-19-46(58)53-48(42)60/h7-9,11-14,16-17,30-31,36,42H,4-6,10,15,18-29,32H2,1-3H3,(H,53,58,60). The van der Waals surface area contributed by atoms with Crippen molar-refractivity contribution in [1.82, 2.24) is 30.0 Å². The lowest BCUT2D eigenvalue weighted by Gasteiger charge is -2.43. The van der Waals surface area contributed by atoms with Crippen molar-refractivity contribution in [2.24, 2.45) is 0 Å². The smallest absolute Gasteiger partial charge is 0.255 e. The predicted molar refractivity (Wildman–Crippen MR) is 249 cm³/mol. The molecule has 3 aromatic carbocycles. The number of unbranched alkanes of at least 4 members (excludes halogenated alkanes) is 2. The fraction of sp³-hybridized carbons (Fsp3) is 0.469. The van der Waals surface area contributed by atoms with Crippen LogP contribution in [-0.2, 0) is 44.8 Å². The average Bonchev–Trinajstić information content (AvgIpc) is 3.63. The van der Waals surface area contributed by atoms with E-state index in [1.54, 1.807) is 31.5 Å². The third-order valence-electron chi connectivity index (χ3n) is 13.4. The van der Waals surface area contributed by atoms with Crippen molar-refractivity contribution in [2.45, 2.75) is 89.3 Å². The first kappa shape index (κ1) is 45.5. The van der Waals surface area contributed by atoms with E-state index >= 15 is 0 Å². The predicted octanol–water partition coefficient (Wildman–Crippen LogP) is 6.25. The minimum atomic E-state index is -2.48. The molecule has 4 aliphatic rings. The zero-order chi connectivity index (χ0) is 45.0. The van der Waals surface area contributed by atoms with Crippen molar-refractivity contribution >= 4 is 53.4 Å². The van der Waals surface area contributed by atoms with Crippen LogP contribution in [0.2, 0.25) is 5.02 Å². The van der Waals surface area contributed by atoms with Gasteiger partial charge in [0.05, 0.1) is 17.8 Å². The molecule has 4 amide bonds. The summed E-state index contributed by atoms with van der Waals surface area (Å²) in [6.07, 6.45) is 9.34. The van der Waals surface area contributed by atoms with Gasteiger partial charge in [0.25, 0.3) is 5.91 Å². The van der Waals surface area contributed by atoms with Crippen LogP contribution in [0.25, 0.3) is 0 Å². The van der Waals surface area contributed by atoms with E-state index in [-0.39, 0.29) is 24.1 Å². The Morgan fingerprint density at radius 3 is 2.39 bits per heavy atom. The van der Waals surface area contributed by atoms with Crippen LogP contribution in [0.4, 0.5) is 5.69 Å². The van der Waals surface area contributed by atoms with Crippen LogP contribution in [0, 0.1) is 0 Å². The molecule has 0 bridgehead atoms. The maximum atomic E-state index is 13.2. The summed E-state index contributed by atoms with van der Waals surface area (Å²) in [5.41, 5.74) is 6.53. The molecule has 0 aliphatic carbocycles. The topological polar surface area (TPSA) is 145 Å². The van der Waals surface area contributed by atoms with Gasteiger partial charge in [-0.2, -0.15) is 0 Å². The van der Waals surface area contributed by atoms with Crippen LogP contribution in [0.1, 0.15) is 95.5 Å². The molecule has 5 heterocycles. The second kappa shape index (κ2) is 20.0. The molecule has 1 atom stereocenters. The molecule has 338 valence electrons. The summed E-state index contributed by atoms with van der Waals surface area (Å²) in [5, 5.41) is 3.70. The van der Waals surface area contributed by atoms with Gasteiger partial charge in [0, 0.05) is 112 Å². The largest absolute Gasteiger partial charge is 0.496 e. The number of fused-ring (bicyclic) bond motifs is 1. The first-order valence-electron chi connectivity index (χ1n) is 22.7. The highest BCUT2D eigenvalue weighted by Crippen LogP contribution is 2.37. The van der Waals surface area contributed by atoms with Gasteiger partial charge < -0.3 is 24.0 Å². The number of carbonyl (C=O) groups excluding carboxylic acids is 4. The van der Waals surface area contributed by atoms with E-state index < -0.39 is 19.1 Å². The molecule has 1 unspecified atom stereocenters. The van der Waals surface area contributed by atoms with Crippen LogP contribution in [0.5, 0.6) is 5.75 Å². The van der Waals surface area contributed by atoms with E-state index in [4.69, 9.17) is 21.3 Å². The van der Waals surface area contributed by atoms with E-state index in [9.17, 15) is 23.7 Å². The molecule has 0 radical (unpaired) electrons. The van der Waals surface area contributed by atoms with Gasteiger partial charge in [-0.05, 0) is 80.7 Å². The molecule has 64 heavy (non-hydrogen) atoms. The Labute approximate surface area is 381 Å². The molecule has 3 saturated heterocycles. The molecule has 1 N–H and O–H groups in total. The van der Waals surface area contributed by atoms with Gasteiger partial charge in [0.2, 0.25) is 17.7 Å². The molecular weight excluding hydrogens is 849 g/mol. The molecule has 0 spiro atoms. The number of hydrogen-bond donors (Lipinski definition) is 1. The maximum Gasteiger partial charge on any atom is 0.255 e. The minimum Gasteiger partial charge on any atom is -0.496 e. The summed E-state index contributed by atoms with van der Waals surface area (Å²) in [6, 6.07) is 19.8. The number of piperidine rings is 2. The fourth-order valence-electron chi connectivity index (χ4n) is 9.90. The lowest BCUT2D eigenvalue weighted by atomic mass is 9.98. The molecule has 4 aliphatic heterocycles. The Morgan fingerprint density at radius 2 is 1.64 bits per heavy atom. The summed E-state index contributed by atoms with van der Waals surface area (Å²) in [5.74, 6) is 0.837. The summed E-state index contributed by atoms with van der Waals surface area (Å²) in [7, 11) is -0.781. The maximum absolute atomic E-state index is 13.2. The summed E-state index contributed by atoms with van der Waals surface area (Å²) >= 11 is 6.57. The fourth-order valence-corrected chi connectivity index (χ4v) is 11.3. The van der Waals surface area contributed by atoms with Gasteiger partial charge in [-0.1, -0.05) is 60.5 Å².